The van der Waals surface area contributed by atoms with Gasteiger partial charge in [0.2, 0.25) is 0 Å². The van der Waals surface area contributed by atoms with Gasteiger partial charge in [-0.25, -0.2) is 9.50 Å². The van der Waals surface area contributed by atoms with Gasteiger partial charge in [-0.05, 0) is 43.0 Å². The quantitative estimate of drug-likeness (QED) is 0.785. The molecule has 1 aromatic carbocycles. The molecule has 0 spiro atoms. The molecular weight excluding hydrogens is 286 g/mol. The van der Waals surface area contributed by atoms with Crippen LogP contribution in [0.15, 0.2) is 42.6 Å². The summed E-state index contributed by atoms with van der Waals surface area (Å²) >= 11 is 0. The SMILES string of the molecule is CN(C)c1ccc(-c2cnc3ccc(NCC4CC4)nn23)cc1. The summed E-state index contributed by atoms with van der Waals surface area (Å²) < 4.78 is 1.92. The predicted molar refractivity (Wildman–Crippen MR) is 94.0 cm³/mol. The first-order valence-corrected chi connectivity index (χ1v) is 8.07. The minimum absolute atomic E-state index is 0.827. The molecule has 0 bridgehead atoms. The van der Waals surface area contributed by atoms with Gasteiger partial charge in [-0.1, -0.05) is 12.1 Å². The zero-order valence-corrected chi connectivity index (χ0v) is 13.5. The van der Waals surface area contributed by atoms with Crippen LogP contribution in [0, 0.1) is 5.92 Å². The number of hydrogen-bond acceptors (Lipinski definition) is 4. The second-order valence-electron chi connectivity index (χ2n) is 6.40. The van der Waals surface area contributed by atoms with Gasteiger partial charge in [-0.2, -0.15) is 0 Å². The molecule has 3 aromatic rings. The van der Waals surface area contributed by atoms with Gasteiger partial charge in [0.25, 0.3) is 0 Å². The highest BCUT2D eigenvalue weighted by Crippen LogP contribution is 2.29. The lowest BCUT2D eigenvalue weighted by molar-refractivity contribution is 0.862. The molecule has 1 aliphatic rings. The summed E-state index contributed by atoms with van der Waals surface area (Å²) in [5, 5.41) is 8.13. The topological polar surface area (TPSA) is 45.5 Å². The number of benzene rings is 1. The highest BCUT2D eigenvalue weighted by Gasteiger charge is 2.20. The number of fused-ring (bicyclic) bond motifs is 1. The summed E-state index contributed by atoms with van der Waals surface area (Å²) in [5.74, 6) is 1.74. The van der Waals surface area contributed by atoms with Gasteiger partial charge in [-0.15, -0.1) is 5.10 Å². The first kappa shape index (κ1) is 14.1. The van der Waals surface area contributed by atoms with Crippen LogP contribution in [0.25, 0.3) is 16.9 Å². The van der Waals surface area contributed by atoms with Crippen LogP contribution >= 0.6 is 0 Å². The Kier molecular flexibility index (Phi) is 3.41. The zero-order valence-electron chi connectivity index (χ0n) is 13.5. The van der Waals surface area contributed by atoms with Crippen molar-refractivity contribution < 1.29 is 0 Å². The van der Waals surface area contributed by atoms with Crippen molar-refractivity contribution in [2.45, 2.75) is 12.8 Å². The summed E-state index contributed by atoms with van der Waals surface area (Å²) in [6, 6.07) is 12.5. The standard InChI is InChI=1S/C18H21N5/c1-22(2)15-7-5-14(6-8-15)16-12-20-18-10-9-17(21-23(16)18)19-11-13-3-4-13/h5-10,12-13H,3-4,11H2,1-2H3,(H,19,21). The maximum absolute atomic E-state index is 4.70. The van der Waals surface area contributed by atoms with Gasteiger partial charge in [0.1, 0.15) is 5.82 Å². The Morgan fingerprint density at radius 3 is 2.61 bits per heavy atom. The van der Waals surface area contributed by atoms with Crippen LogP contribution in [0.4, 0.5) is 11.5 Å². The van der Waals surface area contributed by atoms with Gasteiger partial charge in [0, 0.05) is 31.9 Å². The van der Waals surface area contributed by atoms with Crippen molar-refractivity contribution in [3.8, 4) is 11.3 Å². The van der Waals surface area contributed by atoms with Gasteiger partial charge < -0.3 is 10.2 Å². The van der Waals surface area contributed by atoms with E-state index in [2.05, 4.69) is 39.5 Å². The van der Waals surface area contributed by atoms with Crippen molar-refractivity contribution in [3.63, 3.8) is 0 Å². The number of imidazole rings is 1. The zero-order chi connectivity index (χ0) is 15.8. The molecule has 1 N–H and O–H groups in total. The molecule has 0 radical (unpaired) electrons. The number of aromatic nitrogens is 3. The molecule has 4 rings (SSSR count). The fourth-order valence-electron chi connectivity index (χ4n) is 2.67. The predicted octanol–water partition coefficient (Wildman–Crippen LogP) is 3.28. The summed E-state index contributed by atoms with van der Waals surface area (Å²) in [6.07, 6.45) is 4.56. The van der Waals surface area contributed by atoms with Crippen LogP contribution in [0.3, 0.4) is 0 Å². The van der Waals surface area contributed by atoms with Crippen LogP contribution in [-0.4, -0.2) is 35.2 Å². The summed E-state index contributed by atoms with van der Waals surface area (Å²) in [5.41, 5.74) is 4.19. The lowest BCUT2D eigenvalue weighted by Crippen LogP contribution is -2.08. The van der Waals surface area contributed by atoms with E-state index in [1.54, 1.807) is 0 Å². The van der Waals surface area contributed by atoms with Crippen molar-refractivity contribution >= 4 is 17.2 Å². The lowest BCUT2D eigenvalue weighted by Gasteiger charge is -2.12. The molecule has 23 heavy (non-hydrogen) atoms. The van der Waals surface area contributed by atoms with E-state index in [9.17, 15) is 0 Å². The van der Waals surface area contributed by atoms with E-state index < -0.39 is 0 Å². The van der Waals surface area contributed by atoms with Crippen molar-refractivity contribution in [1.82, 2.24) is 14.6 Å². The Labute approximate surface area is 136 Å². The summed E-state index contributed by atoms with van der Waals surface area (Å²) in [4.78, 5) is 6.56. The normalized spacial score (nSPS) is 14.2. The maximum Gasteiger partial charge on any atom is 0.154 e. The van der Waals surface area contributed by atoms with E-state index in [1.165, 1.54) is 18.5 Å². The molecule has 1 aliphatic carbocycles. The summed E-state index contributed by atoms with van der Waals surface area (Å²) in [7, 11) is 4.09. The van der Waals surface area contributed by atoms with Crippen LogP contribution in [-0.2, 0) is 0 Å². The van der Waals surface area contributed by atoms with Gasteiger partial charge in [0.05, 0.1) is 11.9 Å². The molecule has 2 aromatic heterocycles. The molecule has 0 aliphatic heterocycles. The van der Waals surface area contributed by atoms with E-state index in [-0.39, 0.29) is 0 Å². The van der Waals surface area contributed by atoms with Crippen molar-refractivity contribution in [2.75, 3.05) is 30.9 Å². The molecule has 0 amide bonds. The van der Waals surface area contributed by atoms with Crippen LogP contribution in [0.2, 0.25) is 0 Å². The largest absolute Gasteiger partial charge is 0.378 e. The Hall–Kier alpha value is -2.56. The van der Waals surface area contributed by atoms with Crippen LogP contribution in [0.1, 0.15) is 12.8 Å². The molecule has 1 fully saturated rings. The molecule has 0 atom stereocenters. The minimum Gasteiger partial charge on any atom is -0.378 e. The monoisotopic (exact) mass is 307 g/mol. The van der Waals surface area contributed by atoms with Gasteiger partial charge >= 0.3 is 0 Å². The second kappa shape index (κ2) is 5.57. The Balaban J connectivity index is 1.66. The molecule has 118 valence electrons. The molecule has 5 heteroatoms. The molecule has 0 unspecified atom stereocenters. The van der Waals surface area contributed by atoms with E-state index in [1.807, 2.05) is 36.9 Å². The fraction of sp³-hybridized carbons (Fsp3) is 0.333. The number of rotatable bonds is 5. The number of hydrogen-bond donors (Lipinski definition) is 1. The molecule has 2 heterocycles. The van der Waals surface area contributed by atoms with Gasteiger partial charge in [-0.3, -0.25) is 0 Å². The molecule has 1 saturated carbocycles. The van der Waals surface area contributed by atoms with E-state index in [0.717, 1.165) is 35.2 Å². The number of anilines is 2. The summed E-state index contributed by atoms with van der Waals surface area (Å²) in [6.45, 7) is 1.01. The molecular formula is C18H21N5. The van der Waals surface area contributed by atoms with Crippen molar-refractivity contribution in [2.24, 2.45) is 5.92 Å². The average Bonchev–Trinajstić information content (AvgIpc) is 3.31. The molecule has 0 saturated heterocycles. The number of nitrogens with one attached hydrogen (secondary N) is 1. The second-order valence-corrected chi connectivity index (χ2v) is 6.40. The third-order valence-corrected chi connectivity index (χ3v) is 4.31. The fourth-order valence-corrected chi connectivity index (χ4v) is 2.67. The van der Waals surface area contributed by atoms with E-state index in [0.29, 0.717) is 0 Å². The van der Waals surface area contributed by atoms with Crippen LogP contribution in [0.5, 0.6) is 0 Å². The van der Waals surface area contributed by atoms with Crippen molar-refractivity contribution in [3.05, 3.63) is 42.6 Å². The van der Waals surface area contributed by atoms with Crippen molar-refractivity contribution in [1.29, 1.82) is 0 Å². The van der Waals surface area contributed by atoms with E-state index >= 15 is 0 Å². The van der Waals surface area contributed by atoms with Gasteiger partial charge in [0.15, 0.2) is 5.65 Å². The Bertz CT molecular complexity index is 815. The third-order valence-electron chi connectivity index (χ3n) is 4.31. The molecule has 5 nitrogen and oxygen atoms in total. The maximum atomic E-state index is 4.70. The Morgan fingerprint density at radius 1 is 1.13 bits per heavy atom. The third kappa shape index (κ3) is 2.86. The highest BCUT2D eigenvalue weighted by atomic mass is 15.3. The van der Waals surface area contributed by atoms with E-state index in [4.69, 9.17) is 5.10 Å². The average molecular weight is 307 g/mol. The number of nitrogens with zero attached hydrogens (tertiary/aromatic N) is 4. The smallest absolute Gasteiger partial charge is 0.154 e. The van der Waals surface area contributed by atoms with Crippen LogP contribution < -0.4 is 10.2 Å². The first-order valence-electron chi connectivity index (χ1n) is 8.07. The lowest BCUT2D eigenvalue weighted by atomic mass is 10.1. The Morgan fingerprint density at radius 2 is 1.91 bits per heavy atom. The highest BCUT2D eigenvalue weighted by molar-refractivity contribution is 5.66. The first-order chi connectivity index (χ1) is 11.2. The minimum atomic E-state index is 0.827.